The van der Waals surface area contributed by atoms with E-state index in [-0.39, 0.29) is 24.4 Å². The first-order valence-corrected chi connectivity index (χ1v) is 8.84. The topological polar surface area (TPSA) is 58.2 Å². The third-order valence-corrected chi connectivity index (χ3v) is 4.92. The zero-order valence-corrected chi connectivity index (χ0v) is 14.8. The van der Waals surface area contributed by atoms with Crippen molar-refractivity contribution in [2.24, 2.45) is 0 Å². The third-order valence-electron chi connectivity index (χ3n) is 4.23. The molecule has 0 bridgehead atoms. The molecule has 2 aromatic carbocycles. The lowest BCUT2D eigenvalue weighted by atomic mass is 9.88. The van der Waals surface area contributed by atoms with Crippen LogP contribution in [-0.2, 0) is 11.2 Å². The van der Waals surface area contributed by atoms with Crippen molar-refractivity contribution in [2.75, 3.05) is 6.54 Å². The second-order valence-corrected chi connectivity index (χ2v) is 6.73. The van der Waals surface area contributed by atoms with E-state index in [1.807, 2.05) is 18.2 Å². The van der Waals surface area contributed by atoms with E-state index in [4.69, 9.17) is 0 Å². The van der Waals surface area contributed by atoms with Crippen molar-refractivity contribution in [1.82, 2.24) is 10.6 Å². The minimum Gasteiger partial charge on any atom is -0.348 e. The number of hydrogen-bond acceptors (Lipinski definition) is 2. The molecular weight excluding hydrogens is 368 g/mol. The minimum absolute atomic E-state index is 0.0289. The Hall–Kier alpha value is -2.14. The van der Waals surface area contributed by atoms with Gasteiger partial charge < -0.3 is 10.6 Å². The van der Waals surface area contributed by atoms with Crippen molar-refractivity contribution in [3.63, 3.8) is 0 Å². The molecule has 0 radical (unpaired) electrons. The maximum atomic E-state index is 12.2. The number of amides is 2. The summed E-state index contributed by atoms with van der Waals surface area (Å²) >= 11 is 3.34. The molecule has 1 aliphatic carbocycles. The molecule has 1 aliphatic rings. The Morgan fingerprint density at radius 2 is 1.83 bits per heavy atom. The molecule has 0 spiro atoms. The van der Waals surface area contributed by atoms with E-state index >= 15 is 0 Å². The van der Waals surface area contributed by atoms with E-state index in [1.54, 1.807) is 18.2 Å². The quantitative estimate of drug-likeness (QED) is 0.845. The average Bonchev–Trinajstić information content (AvgIpc) is 2.60. The molecule has 124 valence electrons. The summed E-state index contributed by atoms with van der Waals surface area (Å²) in [6.07, 6.45) is 3.05. The molecule has 24 heavy (non-hydrogen) atoms. The zero-order valence-electron chi connectivity index (χ0n) is 13.2. The van der Waals surface area contributed by atoms with Crippen LogP contribution in [0.2, 0.25) is 0 Å². The van der Waals surface area contributed by atoms with Crippen LogP contribution >= 0.6 is 15.9 Å². The van der Waals surface area contributed by atoms with Crippen LogP contribution in [0.1, 0.15) is 40.4 Å². The monoisotopic (exact) mass is 386 g/mol. The van der Waals surface area contributed by atoms with Crippen LogP contribution in [0, 0.1) is 0 Å². The van der Waals surface area contributed by atoms with Gasteiger partial charge in [0.25, 0.3) is 5.91 Å². The first-order chi connectivity index (χ1) is 11.6. The van der Waals surface area contributed by atoms with Gasteiger partial charge in [0.2, 0.25) is 5.91 Å². The van der Waals surface area contributed by atoms with Gasteiger partial charge in [-0.2, -0.15) is 0 Å². The van der Waals surface area contributed by atoms with Gasteiger partial charge in [-0.1, -0.05) is 36.4 Å². The SMILES string of the molecule is O=C(CNC(=O)c1ccccc1Br)N[C@@H]1CCCc2ccccc21. The van der Waals surface area contributed by atoms with Crippen LogP contribution in [-0.4, -0.2) is 18.4 Å². The number of hydrogen-bond donors (Lipinski definition) is 2. The average molecular weight is 387 g/mol. The summed E-state index contributed by atoms with van der Waals surface area (Å²) in [5.74, 6) is -0.432. The van der Waals surface area contributed by atoms with Crippen LogP contribution in [0.3, 0.4) is 0 Å². The van der Waals surface area contributed by atoms with E-state index in [2.05, 4.69) is 38.7 Å². The molecule has 0 heterocycles. The Bertz CT molecular complexity index is 761. The second-order valence-electron chi connectivity index (χ2n) is 5.87. The first kappa shape index (κ1) is 16.7. The molecule has 2 N–H and O–H groups in total. The molecule has 0 unspecified atom stereocenters. The number of nitrogens with one attached hydrogen (secondary N) is 2. The smallest absolute Gasteiger partial charge is 0.252 e. The maximum Gasteiger partial charge on any atom is 0.252 e. The van der Waals surface area contributed by atoms with Crippen molar-refractivity contribution < 1.29 is 9.59 Å². The van der Waals surface area contributed by atoms with Crippen LogP contribution < -0.4 is 10.6 Å². The Morgan fingerprint density at radius 1 is 1.08 bits per heavy atom. The van der Waals surface area contributed by atoms with Gasteiger partial charge in [0.05, 0.1) is 18.2 Å². The second kappa shape index (κ2) is 7.62. The van der Waals surface area contributed by atoms with Crippen LogP contribution in [0.5, 0.6) is 0 Å². The van der Waals surface area contributed by atoms with Crippen LogP contribution in [0.4, 0.5) is 0 Å². The van der Waals surface area contributed by atoms with Gasteiger partial charge >= 0.3 is 0 Å². The van der Waals surface area contributed by atoms with Crippen LogP contribution in [0.25, 0.3) is 0 Å². The summed E-state index contributed by atoms with van der Waals surface area (Å²) in [6.45, 7) is -0.0289. The van der Waals surface area contributed by atoms with E-state index in [9.17, 15) is 9.59 Å². The highest BCUT2D eigenvalue weighted by molar-refractivity contribution is 9.10. The standard InChI is InChI=1S/C19H19BrN2O2/c20-16-10-4-3-9-15(16)19(24)21-12-18(23)22-17-11-5-7-13-6-1-2-8-14(13)17/h1-4,6,8-10,17H,5,7,11-12H2,(H,21,24)(H,22,23)/t17-/m1/s1. The van der Waals surface area contributed by atoms with E-state index < -0.39 is 0 Å². The summed E-state index contributed by atoms with van der Waals surface area (Å²) in [7, 11) is 0. The number of aryl methyl sites for hydroxylation is 1. The van der Waals surface area contributed by atoms with Crippen LogP contribution in [0.15, 0.2) is 53.0 Å². The molecular formula is C19H19BrN2O2. The number of benzene rings is 2. The number of fused-ring (bicyclic) bond motifs is 1. The summed E-state index contributed by atoms with van der Waals surface area (Å²) in [5.41, 5.74) is 3.01. The lowest BCUT2D eigenvalue weighted by Gasteiger charge is -2.26. The highest BCUT2D eigenvalue weighted by atomic mass is 79.9. The molecule has 5 heteroatoms. The fraction of sp³-hybridized carbons (Fsp3) is 0.263. The first-order valence-electron chi connectivity index (χ1n) is 8.05. The zero-order chi connectivity index (χ0) is 16.9. The number of halogens is 1. The predicted molar refractivity (Wildman–Crippen MR) is 96.7 cm³/mol. The van der Waals surface area contributed by atoms with Gasteiger partial charge in [0.15, 0.2) is 0 Å². The van der Waals surface area contributed by atoms with Crippen molar-refractivity contribution in [1.29, 1.82) is 0 Å². The molecule has 0 fully saturated rings. The number of carbonyl (C=O) groups excluding carboxylic acids is 2. The summed E-state index contributed by atoms with van der Waals surface area (Å²) < 4.78 is 0.712. The maximum absolute atomic E-state index is 12.2. The van der Waals surface area contributed by atoms with Gasteiger partial charge in [-0.15, -0.1) is 0 Å². The lowest BCUT2D eigenvalue weighted by molar-refractivity contribution is -0.121. The third kappa shape index (κ3) is 3.85. The van der Waals surface area contributed by atoms with Gasteiger partial charge in [-0.3, -0.25) is 9.59 Å². The molecule has 3 rings (SSSR count). The van der Waals surface area contributed by atoms with Crippen molar-refractivity contribution >= 4 is 27.7 Å². The van der Waals surface area contributed by atoms with Gasteiger partial charge in [-0.05, 0) is 58.5 Å². The van der Waals surface area contributed by atoms with Gasteiger partial charge in [0.1, 0.15) is 0 Å². The molecule has 4 nitrogen and oxygen atoms in total. The fourth-order valence-corrected chi connectivity index (χ4v) is 3.52. The highest BCUT2D eigenvalue weighted by Gasteiger charge is 2.21. The molecule has 0 aromatic heterocycles. The van der Waals surface area contributed by atoms with E-state index in [0.717, 1.165) is 19.3 Å². The summed E-state index contributed by atoms with van der Waals surface area (Å²) in [6, 6.07) is 15.4. The van der Waals surface area contributed by atoms with E-state index in [0.29, 0.717) is 10.0 Å². The number of carbonyl (C=O) groups is 2. The highest BCUT2D eigenvalue weighted by Crippen LogP contribution is 2.29. The Labute approximate surface area is 149 Å². The fourth-order valence-electron chi connectivity index (χ4n) is 3.05. The molecule has 2 aromatic rings. The predicted octanol–water partition coefficient (Wildman–Crippen LogP) is 3.37. The Morgan fingerprint density at radius 3 is 2.67 bits per heavy atom. The molecule has 0 saturated carbocycles. The van der Waals surface area contributed by atoms with Gasteiger partial charge in [-0.25, -0.2) is 0 Å². The summed E-state index contributed by atoms with van der Waals surface area (Å²) in [5, 5.41) is 5.70. The van der Waals surface area contributed by atoms with Crippen molar-refractivity contribution in [2.45, 2.75) is 25.3 Å². The largest absolute Gasteiger partial charge is 0.348 e. The van der Waals surface area contributed by atoms with Crippen molar-refractivity contribution in [3.8, 4) is 0 Å². The minimum atomic E-state index is -0.262. The Balaban J connectivity index is 1.57. The Kier molecular flexibility index (Phi) is 5.30. The lowest BCUT2D eigenvalue weighted by Crippen LogP contribution is -2.39. The van der Waals surface area contributed by atoms with E-state index in [1.165, 1.54) is 11.1 Å². The molecule has 2 amide bonds. The van der Waals surface area contributed by atoms with Gasteiger partial charge in [0, 0.05) is 4.47 Å². The molecule has 0 aliphatic heterocycles. The molecule has 1 atom stereocenters. The molecule has 0 saturated heterocycles. The van der Waals surface area contributed by atoms with Crippen molar-refractivity contribution in [3.05, 3.63) is 69.7 Å². The normalized spacial score (nSPS) is 16.1. The number of rotatable bonds is 4. The summed E-state index contributed by atoms with van der Waals surface area (Å²) in [4.78, 5) is 24.3.